The lowest BCUT2D eigenvalue weighted by molar-refractivity contribution is 0.309. The first-order chi connectivity index (χ1) is 11.1. The van der Waals surface area contributed by atoms with Crippen LogP contribution in [0.15, 0.2) is 57.7 Å². The van der Waals surface area contributed by atoms with Gasteiger partial charge < -0.3 is 14.3 Å². The summed E-state index contributed by atoms with van der Waals surface area (Å²) in [6, 6.07) is 14.8. The fourth-order valence-electron chi connectivity index (χ4n) is 2.59. The van der Waals surface area contributed by atoms with E-state index in [-0.39, 0.29) is 5.75 Å². The van der Waals surface area contributed by atoms with E-state index in [2.05, 4.69) is 12.1 Å². The molecule has 0 amide bonds. The van der Waals surface area contributed by atoms with E-state index in [1.807, 2.05) is 25.1 Å². The Balaban J connectivity index is 1.71. The predicted octanol–water partition coefficient (Wildman–Crippen LogP) is 3.82. The van der Waals surface area contributed by atoms with Crippen molar-refractivity contribution in [3.8, 4) is 11.5 Å². The van der Waals surface area contributed by atoms with Crippen LogP contribution in [0.2, 0.25) is 0 Å². The van der Waals surface area contributed by atoms with Crippen molar-refractivity contribution in [2.24, 2.45) is 0 Å². The summed E-state index contributed by atoms with van der Waals surface area (Å²) in [6.45, 7) is 2.39. The Hall–Kier alpha value is -2.75. The molecule has 4 nitrogen and oxygen atoms in total. The maximum absolute atomic E-state index is 11.4. The van der Waals surface area contributed by atoms with E-state index in [1.54, 1.807) is 12.1 Å². The van der Waals surface area contributed by atoms with Crippen molar-refractivity contribution in [2.45, 2.75) is 19.8 Å². The Morgan fingerprint density at radius 2 is 1.91 bits per heavy atom. The van der Waals surface area contributed by atoms with Gasteiger partial charge in [0.15, 0.2) is 0 Å². The van der Waals surface area contributed by atoms with Gasteiger partial charge in [0, 0.05) is 5.56 Å². The quantitative estimate of drug-likeness (QED) is 0.575. The number of hydrogen-bond acceptors (Lipinski definition) is 4. The third-order valence-electron chi connectivity index (χ3n) is 3.80. The molecule has 0 fully saturated rings. The minimum Gasteiger partial charge on any atom is -0.507 e. The molecular formula is C19H18O4. The van der Waals surface area contributed by atoms with Crippen LogP contribution in [0.4, 0.5) is 0 Å². The van der Waals surface area contributed by atoms with Gasteiger partial charge in [0.05, 0.1) is 18.1 Å². The Morgan fingerprint density at radius 3 is 2.70 bits per heavy atom. The van der Waals surface area contributed by atoms with Gasteiger partial charge in [0.1, 0.15) is 17.1 Å². The highest BCUT2D eigenvalue weighted by Gasteiger charge is 2.11. The maximum atomic E-state index is 11.4. The van der Waals surface area contributed by atoms with Crippen LogP contribution in [0, 0.1) is 6.92 Å². The van der Waals surface area contributed by atoms with E-state index in [1.165, 1.54) is 5.56 Å². The maximum Gasteiger partial charge on any atom is 0.339 e. The second-order valence-electron chi connectivity index (χ2n) is 5.45. The fourth-order valence-corrected chi connectivity index (χ4v) is 2.59. The van der Waals surface area contributed by atoms with Crippen LogP contribution in [0.5, 0.6) is 11.5 Å². The molecule has 0 aliphatic rings. The molecule has 2 aromatic carbocycles. The smallest absolute Gasteiger partial charge is 0.339 e. The molecule has 0 saturated heterocycles. The van der Waals surface area contributed by atoms with Crippen molar-refractivity contribution >= 4 is 11.0 Å². The first-order valence-electron chi connectivity index (χ1n) is 7.58. The second-order valence-corrected chi connectivity index (χ2v) is 5.45. The van der Waals surface area contributed by atoms with E-state index in [0.717, 1.165) is 24.5 Å². The third kappa shape index (κ3) is 3.37. The standard InChI is InChI=1S/C19H18O4/c1-13-17(22-11-5-8-14-6-3-2-4-7-14)10-9-15-16(20)12-18(21)23-19(13)15/h2-4,6-7,9-10,12,20H,5,8,11H2,1H3. The molecule has 1 aromatic heterocycles. The molecule has 1 heterocycles. The van der Waals surface area contributed by atoms with Crippen molar-refractivity contribution in [3.63, 3.8) is 0 Å². The Labute approximate surface area is 134 Å². The number of rotatable bonds is 5. The summed E-state index contributed by atoms with van der Waals surface area (Å²) in [4.78, 5) is 11.4. The molecule has 0 aliphatic carbocycles. The SMILES string of the molecule is Cc1c(OCCCc2ccccc2)ccc2c(O)cc(=O)oc12. The molecule has 0 spiro atoms. The van der Waals surface area contributed by atoms with Crippen molar-refractivity contribution < 1.29 is 14.3 Å². The average Bonchev–Trinajstić information content (AvgIpc) is 2.55. The van der Waals surface area contributed by atoms with E-state index < -0.39 is 5.63 Å². The summed E-state index contributed by atoms with van der Waals surface area (Å²) in [5.74, 6) is 0.592. The number of fused-ring (bicyclic) bond motifs is 1. The Kier molecular flexibility index (Phi) is 4.33. The first-order valence-corrected chi connectivity index (χ1v) is 7.58. The highest BCUT2D eigenvalue weighted by Crippen LogP contribution is 2.31. The van der Waals surface area contributed by atoms with Crippen LogP contribution >= 0.6 is 0 Å². The van der Waals surface area contributed by atoms with Crippen LogP contribution in [-0.2, 0) is 6.42 Å². The Bertz CT molecular complexity index is 866. The molecule has 23 heavy (non-hydrogen) atoms. The summed E-state index contributed by atoms with van der Waals surface area (Å²) < 4.78 is 11.0. The minimum atomic E-state index is -0.570. The number of hydrogen-bond donors (Lipinski definition) is 1. The molecule has 4 heteroatoms. The van der Waals surface area contributed by atoms with Gasteiger partial charge in [-0.15, -0.1) is 0 Å². The molecule has 0 radical (unpaired) electrons. The lowest BCUT2D eigenvalue weighted by Crippen LogP contribution is -2.02. The van der Waals surface area contributed by atoms with Gasteiger partial charge in [-0.3, -0.25) is 0 Å². The topological polar surface area (TPSA) is 59.7 Å². The number of benzene rings is 2. The van der Waals surface area contributed by atoms with Gasteiger partial charge in [0.25, 0.3) is 0 Å². The van der Waals surface area contributed by atoms with Crippen LogP contribution in [0.1, 0.15) is 17.5 Å². The molecule has 1 N–H and O–H groups in total. The lowest BCUT2D eigenvalue weighted by atomic mass is 10.1. The summed E-state index contributed by atoms with van der Waals surface area (Å²) in [5.41, 5.74) is 1.80. The van der Waals surface area contributed by atoms with Crippen molar-refractivity contribution in [1.29, 1.82) is 0 Å². The zero-order valence-corrected chi connectivity index (χ0v) is 12.9. The molecule has 0 unspecified atom stereocenters. The lowest BCUT2D eigenvalue weighted by Gasteiger charge is -2.11. The van der Waals surface area contributed by atoms with Crippen LogP contribution in [0.25, 0.3) is 11.0 Å². The van der Waals surface area contributed by atoms with Gasteiger partial charge in [-0.1, -0.05) is 30.3 Å². The molecule has 0 saturated carbocycles. The molecule has 0 aliphatic heterocycles. The summed E-state index contributed by atoms with van der Waals surface area (Å²) >= 11 is 0. The normalized spacial score (nSPS) is 10.8. The molecule has 3 rings (SSSR count). The van der Waals surface area contributed by atoms with Crippen LogP contribution in [0.3, 0.4) is 0 Å². The third-order valence-corrected chi connectivity index (χ3v) is 3.80. The summed E-state index contributed by atoms with van der Waals surface area (Å²) in [7, 11) is 0. The van der Waals surface area contributed by atoms with Gasteiger partial charge in [0.2, 0.25) is 0 Å². The molecular weight excluding hydrogens is 292 g/mol. The van der Waals surface area contributed by atoms with Gasteiger partial charge >= 0.3 is 5.63 Å². The first kappa shape index (κ1) is 15.2. The fraction of sp³-hybridized carbons (Fsp3) is 0.211. The van der Waals surface area contributed by atoms with Crippen LogP contribution in [-0.4, -0.2) is 11.7 Å². The zero-order chi connectivity index (χ0) is 16.2. The van der Waals surface area contributed by atoms with E-state index in [0.29, 0.717) is 23.3 Å². The highest BCUT2D eigenvalue weighted by atomic mass is 16.5. The monoisotopic (exact) mass is 310 g/mol. The van der Waals surface area contributed by atoms with Crippen molar-refractivity contribution in [3.05, 3.63) is 70.1 Å². The predicted molar refractivity (Wildman–Crippen MR) is 89.1 cm³/mol. The second kappa shape index (κ2) is 6.57. The molecule has 0 atom stereocenters. The molecule has 3 aromatic rings. The largest absolute Gasteiger partial charge is 0.507 e. The van der Waals surface area contributed by atoms with Crippen LogP contribution < -0.4 is 10.4 Å². The van der Waals surface area contributed by atoms with E-state index in [9.17, 15) is 9.90 Å². The zero-order valence-electron chi connectivity index (χ0n) is 12.9. The number of aryl methyl sites for hydroxylation is 2. The number of ether oxygens (including phenoxy) is 1. The molecule has 0 bridgehead atoms. The summed E-state index contributed by atoms with van der Waals surface area (Å²) in [6.07, 6.45) is 1.84. The van der Waals surface area contributed by atoms with E-state index >= 15 is 0 Å². The van der Waals surface area contributed by atoms with E-state index in [4.69, 9.17) is 9.15 Å². The average molecular weight is 310 g/mol. The van der Waals surface area contributed by atoms with Crippen molar-refractivity contribution in [1.82, 2.24) is 0 Å². The summed E-state index contributed by atoms with van der Waals surface area (Å²) in [5, 5.41) is 10.3. The van der Waals surface area contributed by atoms with Gasteiger partial charge in [-0.05, 0) is 37.5 Å². The minimum absolute atomic E-state index is 0.0741. The number of aromatic hydroxyl groups is 1. The van der Waals surface area contributed by atoms with Gasteiger partial charge in [-0.25, -0.2) is 4.79 Å². The highest BCUT2D eigenvalue weighted by molar-refractivity contribution is 5.86. The van der Waals surface area contributed by atoms with Crippen molar-refractivity contribution in [2.75, 3.05) is 6.61 Å². The Morgan fingerprint density at radius 1 is 1.13 bits per heavy atom. The van der Waals surface area contributed by atoms with Gasteiger partial charge in [-0.2, -0.15) is 0 Å². The molecule has 118 valence electrons.